The van der Waals surface area contributed by atoms with Crippen molar-refractivity contribution in [1.29, 1.82) is 0 Å². The van der Waals surface area contributed by atoms with Crippen LogP contribution in [-0.2, 0) is 16.1 Å². The standard InChI is InChI=1S/C17H30N4O3.HI/c1-4-18-17(19-8-11-23-10-7-14(2)3)21-13-16(22)20-12-15-6-5-9-24-15;/h5-6,9,14H,4,7-8,10-13H2,1-3H3,(H,20,22)(H2,18,19,21);1H. The predicted octanol–water partition coefficient (Wildman–Crippen LogP) is 2.13. The number of nitrogens with zero attached hydrogens (tertiary/aromatic N) is 1. The number of carbonyl (C=O) groups excluding carboxylic acids is 1. The van der Waals surface area contributed by atoms with Gasteiger partial charge in [0, 0.05) is 19.7 Å². The van der Waals surface area contributed by atoms with E-state index in [1.54, 1.807) is 12.3 Å². The second-order valence-electron chi connectivity index (χ2n) is 5.77. The average molecular weight is 466 g/mol. The first-order valence-corrected chi connectivity index (χ1v) is 8.50. The second kappa shape index (κ2) is 15.0. The summed E-state index contributed by atoms with van der Waals surface area (Å²) in [6.07, 6.45) is 2.64. The average Bonchev–Trinajstić information content (AvgIpc) is 3.07. The highest BCUT2D eigenvalue weighted by molar-refractivity contribution is 14.0. The molecule has 0 spiro atoms. The molecule has 0 saturated carbocycles. The lowest BCUT2D eigenvalue weighted by molar-refractivity contribution is -0.119. The molecule has 1 amide bonds. The molecule has 1 rings (SSSR count). The SMILES string of the molecule is CCNC(=NCC(=O)NCc1ccco1)NCCOCCC(C)C.I. The van der Waals surface area contributed by atoms with E-state index in [1.165, 1.54) is 0 Å². The normalized spacial score (nSPS) is 11.1. The van der Waals surface area contributed by atoms with Gasteiger partial charge in [-0.25, -0.2) is 4.99 Å². The van der Waals surface area contributed by atoms with Crippen LogP contribution in [0.15, 0.2) is 27.8 Å². The molecule has 1 aromatic rings. The number of furan rings is 1. The van der Waals surface area contributed by atoms with Crippen molar-refractivity contribution in [2.45, 2.75) is 33.7 Å². The van der Waals surface area contributed by atoms with Crippen molar-refractivity contribution in [3.63, 3.8) is 0 Å². The molecule has 0 aromatic carbocycles. The zero-order chi connectivity index (χ0) is 17.6. The minimum atomic E-state index is -0.156. The fourth-order valence-electron chi connectivity index (χ4n) is 1.81. The van der Waals surface area contributed by atoms with E-state index in [4.69, 9.17) is 9.15 Å². The third-order valence-electron chi connectivity index (χ3n) is 3.14. The van der Waals surface area contributed by atoms with Gasteiger partial charge >= 0.3 is 0 Å². The van der Waals surface area contributed by atoms with Gasteiger partial charge in [-0.05, 0) is 31.4 Å². The molecule has 7 nitrogen and oxygen atoms in total. The molecule has 144 valence electrons. The van der Waals surface area contributed by atoms with E-state index in [-0.39, 0.29) is 36.4 Å². The van der Waals surface area contributed by atoms with Crippen molar-refractivity contribution in [1.82, 2.24) is 16.0 Å². The summed E-state index contributed by atoms with van der Waals surface area (Å²) in [5.41, 5.74) is 0. The lowest BCUT2D eigenvalue weighted by Crippen LogP contribution is -2.40. The third kappa shape index (κ3) is 12.7. The topological polar surface area (TPSA) is 87.9 Å². The fourth-order valence-corrected chi connectivity index (χ4v) is 1.81. The number of rotatable bonds is 11. The molecule has 8 heteroatoms. The first-order valence-electron chi connectivity index (χ1n) is 8.50. The number of aliphatic imine (C=N–C) groups is 1. The Hall–Kier alpha value is -1.29. The summed E-state index contributed by atoms with van der Waals surface area (Å²) in [4.78, 5) is 16.0. The first kappa shape index (κ1) is 23.7. The van der Waals surface area contributed by atoms with Gasteiger partial charge in [0.05, 0.1) is 19.4 Å². The number of ether oxygens (including phenoxy) is 1. The smallest absolute Gasteiger partial charge is 0.242 e. The molecule has 0 aliphatic rings. The maximum absolute atomic E-state index is 11.8. The Morgan fingerprint density at radius 3 is 2.72 bits per heavy atom. The summed E-state index contributed by atoms with van der Waals surface area (Å²) >= 11 is 0. The molecular formula is C17H31IN4O3. The molecule has 3 N–H and O–H groups in total. The Morgan fingerprint density at radius 1 is 1.28 bits per heavy atom. The van der Waals surface area contributed by atoms with Gasteiger partial charge in [-0.2, -0.15) is 0 Å². The Balaban J connectivity index is 0.00000576. The quantitative estimate of drug-likeness (QED) is 0.201. The lowest BCUT2D eigenvalue weighted by Gasteiger charge is -2.12. The van der Waals surface area contributed by atoms with Gasteiger partial charge in [-0.3, -0.25) is 4.79 Å². The van der Waals surface area contributed by atoms with E-state index in [9.17, 15) is 4.79 Å². The zero-order valence-electron chi connectivity index (χ0n) is 15.3. The summed E-state index contributed by atoms with van der Waals surface area (Å²) in [5, 5.41) is 9.01. The molecule has 0 atom stereocenters. The maximum Gasteiger partial charge on any atom is 0.242 e. The van der Waals surface area contributed by atoms with Crippen molar-refractivity contribution in [2.24, 2.45) is 10.9 Å². The molecule has 0 bridgehead atoms. The van der Waals surface area contributed by atoms with Crippen LogP contribution in [0.2, 0.25) is 0 Å². The Morgan fingerprint density at radius 2 is 2.08 bits per heavy atom. The minimum Gasteiger partial charge on any atom is -0.467 e. The number of amides is 1. The largest absolute Gasteiger partial charge is 0.467 e. The predicted molar refractivity (Wildman–Crippen MR) is 110 cm³/mol. The molecule has 0 aliphatic carbocycles. The Labute approximate surface area is 167 Å². The highest BCUT2D eigenvalue weighted by Gasteiger charge is 2.03. The van der Waals surface area contributed by atoms with Gasteiger partial charge < -0.3 is 25.1 Å². The Bertz CT molecular complexity index is 478. The molecule has 0 radical (unpaired) electrons. The highest BCUT2D eigenvalue weighted by atomic mass is 127. The van der Waals surface area contributed by atoms with Crippen LogP contribution in [-0.4, -0.2) is 44.7 Å². The zero-order valence-corrected chi connectivity index (χ0v) is 17.7. The van der Waals surface area contributed by atoms with E-state index < -0.39 is 0 Å². The van der Waals surface area contributed by atoms with Gasteiger partial charge in [0.25, 0.3) is 0 Å². The van der Waals surface area contributed by atoms with Crippen LogP contribution in [0.3, 0.4) is 0 Å². The van der Waals surface area contributed by atoms with Crippen LogP contribution in [0.4, 0.5) is 0 Å². The summed E-state index contributed by atoms with van der Waals surface area (Å²) in [6, 6.07) is 3.60. The number of halogens is 1. The van der Waals surface area contributed by atoms with Crippen LogP contribution in [0, 0.1) is 5.92 Å². The van der Waals surface area contributed by atoms with E-state index in [0.717, 1.165) is 25.3 Å². The second-order valence-corrected chi connectivity index (χ2v) is 5.77. The van der Waals surface area contributed by atoms with Crippen molar-refractivity contribution >= 4 is 35.8 Å². The van der Waals surface area contributed by atoms with Crippen molar-refractivity contribution in [3.05, 3.63) is 24.2 Å². The fraction of sp³-hybridized carbons (Fsp3) is 0.647. The van der Waals surface area contributed by atoms with E-state index in [0.29, 0.717) is 31.6 Å². The summed E-state index contributed by atoms with van der Waals surface area (Å²) in [7, 11) is 0. The molecule has 0 saturated heterocycles. The summed E-state index contributed by atoms with van der Waals surface area (Å²) in [6.45, 7) is 9.52. The Kier molecular flexibility index (Phi) is 14.2. The number of hydrogen-bond acceptors (Lipinski definition) is 4. The van der Waals surface area contributed by atoms with Gasteiger partial charge in [0.15, 0.2) is 5.96 Å². The van der Waals surface area contributed by atoms with Gasteiger partial charge in [0.2, 0.25) is 5.91 Å². The van der Waals surface area contributed by atoms with Crippen molar-refractivity contribution in [3.8, 4) is 0 Å². The number of carbonyl (C=O) groups is 1. The molecule has 0 unspecified atom stereocenters. The summed E-state index contributed by atoms with van der Waals surface area (Å²) < 4.78 is 10.7. The first-order chi connectivity index (χ1) is 11.6. The van der Waals surface area contributed by atoms with Gasteiger partial charge in [-0.1, -0.05) is 13.8 Å². The summed E-state index contributed by atoms with van der Waals surface area (Å²) in [5.74, 6) is 1.82. The van der Waals surface area contributed by atoms with E-state index in [1.807, 2.05) is 13.0 Å². The van der Waals surface area contributed by atoms with Crippen molar-refractivity contribution in [2.75, 3.05) is 32.8 Å². The lowest BCUT2D eigenvalue weighted by atomic mass is 10.1. The van der Waals surface area contributed by atoms with Crippen molar-refractivity contribution < 1.29 is 13.9 Å². The van der Waals surface area contributed by atoms with Gasteiger partial charge in [0.1, 0.15) is 12.3 Å². The number of nitrogens with one attached hydrogen (secondary N) is 3. The van der Waals surface area contributed by atoms with E-state index in [2.05, 4.69) is 34.8 Å². The van der Waals surface area contributed by atoms with Crippen LogP contribution in [0.1, 0.15) is 33.0 Å². The molecule has 1 aromatic heterocycles. The molecular weight excluding hydrogens is 435 g/mol. The molecule has 0 aliphatic heterocycles. The molecule has 25 heavy (non-hydrogen) atoms. The third-order valence-corrected chi connectivity index (χ3v) is 3.14. The minimum absolute atomic E-state index is 0. The molecule has 1 heterocycles. The molecule has 0 fully saturated rings. The van der Waals surface area contributed by atoms with Crippen LogP contribution in [0.5, 0.6) is 0 Å². The highest BCUT2D eigenvalue weighted by Crippen LogP contribution is 1.98. The number of hydrogen-bond donors (Lipinski definition) is 3. The number of guanidine groups is 1. The van der Waals surface area contributed by atoms with Gasteiger partial charge in [-0.15, -0.1) is 24.0 Å². The van der Waals surface area contributed by atoms with Crippen LogP contribution >= 0.6 is 24.0 Å². The van der Waals surface area contributed by atoms with E-state index >= 15 is 0 Å². The monoisotopic (exact) mass is 466 g/mol. The van der Waals surface area contributed by atoms with Crippen LogP contribution in [0.25, 0.3) is 0 Å². The van der Waals surface area contributed by atoms with Crippen LogP contribution < -0.4 is 16.0 Å². The maximum atomic E-state index is 11.8.